The van der Waals surface area contributed by atoms with E-state index in [1.165, 1.54) is 44.9 Å². The minimum Gasteiger partial charge on any atom is -0.393 e. The fourth-order valence-electron chi connectivity index (χ4n) is 9.11. The number of carbonyl (C=O) groups is 1. The van der Waals surface area contributed by atoms with Crippen LogP contribution in [0, 0.1) is 45.8 Å². The smallest absolute Gasteiger partial charge is 0.135 e. The van der Waals surface area contributed by atoms with E-state index in [1.54, 1.807) is 0 Å². The van der Waals surface area contributed by atoms with Gasteiger partial charge in [-0.2, -0.15) is 0 Å². The Hall–Kier alpha value is -0.630. The molecule has 0 aliphatic heterocycles. The Labute approximate surface area is 191 Å². The number of hydrogen-bond donors (Lipinski definition) is 1. The minimum absolute atomic E-state index is 0.102. The zero-order chi connectivity index (χ0) is 22.8. The summed E-state index contributed by atoms with van der Waals surface area (Å²) in [6.45, 7) is 16.6. The van der Waals surface area contributed by atoms with Crippen molar-refractivity contribution in [3.63, 3.8) is 0 Å². The minimum atomic E-state index is -0.102. The molecule has 2 nitrogen and oxygen atoms in total. The Morgan fingerprint density at radius 2 is 1.71 bits per heavy atom. The van der Waals surface area contributed by atoms with Crippen LogP contribution in [0.2, 0.25) is 0 Å². The average molecular weight is 429 g/mol. The molecular weight excluding hydrogens is 380 g/mol. The van der Waals surface area contributed by atoms with Crippen LogP contribution in [0.5, 0.6) is 0 Å². The highest BCUT2D eigenvalue weighted by molar-refractivity contribution is 5.80. The standard InChI is InChI=1S/C29H48O2/c1-18(2)25(30)11-8-19(3)21-12-16-29(7)24-10-9-22-20(4)26(31)14-15-27(22,5)23(24)13-17-28(21,29)6/h18-22,26,31H,8-17H2,1-7H3/t19-,20+,21-,22+,26+,27+,28-,29+/m1/s1. The van der Waals surface area contributed by atoms with Crippen molar-refractivity contribution >= 4 is 5.78 Å². The highest BCUT2D eigenvalue weighted by Gasteiger charge is 2.62. The molecule has 0 unspecified atom stereocenters. The highest BCUT2D eigenvalue weighted by Crippen LogP contribution is 2.71. The summed E-state index contributed by atoms with van der Waals surface area (Å²) in [5.41, 5.74) is 4.65. The van der Waals surface area contributed by atoms with Gasteiger partial charge in [0.2, 0.25) is 0 Å². The van der Waals surface area contributed by atoms with Crippen molar-refractivity contribution in [3.05, 3.63) is 11.1 Å². The van der Waals surface area contributed by atoms with E-state index in [2.05, 4.69) is 34.6 Å². The molecule has 0 aromatic heterocycles. The number of fused-ring (bicyclic) bond motifs is 4. The summed E-state index contributed by atoms with van der Waals surface area (Å²) >= 11 is 0. The molecule has 0 amide bonds. The van der Waals surface area contributed by atoms with Gasteiger partial charge in [-0.3, -0.25) is 4.79 Å². The van der Waals surface area contributed by atoms with E-state index in [1.807, 2.05) is 25.0 Å². The van der Waals surface area contributed by atoms with E-state index >= 15 is 0 Å². The summed E-state index contributed by atoms with van der Waals surface area (Å²) < 4.78 is 0. The predicted octanol–water partition coefficient (Wildman–Crippen LogP) is 7.35. The van der Waals surface area contributed by atoms with Gasteiger partial charge in [-0.05, 0) is 97.7 Å². The molecule has 4 aliphatic carbocycles. The number of ketones is 1. The molecule has 31 heavy (non-hydrogen) atoms. The maximum absolute atomic E-state index is 12.3. The predicted molar refractivity (Wildman–Crippen MR) is 129 cm³/mol. The summed E-state index contributed by atoms with van der Waals surface area (Å²) in [7, 11) is 0. The first-order valence-electron chi connectivity index (χ1n) is 13.4. The van der Waals surface area contributed by atoms with Crippen LogP contribution in [0.3, 0.4) is 0 Å². The summed E-state index contributed by atoms with van der Waals surface area (Å²) in [4.78, 5) is 12.3. The molecule has 4 rings (SSSR count). The van der Waals surface area contributed by atoms with E-state index in [0.29, 0.717) is 39.8 Å². The molecule has 0 radical (unpaired) electrons. The molecule has 2 heteroatoms. The highest BCUT2D eigenvalue weighted by atomic mass is 16.3. The van der Waals surface area contributed by atoms with Gasteiger partial charge in [-0.25, -0.2) is 0 Å². The van der Waals surface area contributed by atoms with E-state index in [9.17, 15) is 9.90 Å². The number of rotatable bonds is 5. The van der Waals surface area contributed by atoms with Crippen molar-refractivity contribution < 1.29 is 9.90 Å². The molecule has 0 spiro atoms. The quantitative estimate of drug-likeness (QED) is 0.465. The van der Waals surface area contributed by atoms with Crippen molar-refractivity contribution in [2.75, 3.05) is 0 Å². The van der Waals surface area contributed by atoms with Crippen molar-refractivity contribution in [3.8, 4) is 0 Å². The number of hydrogen-bond acceptors (Lipinski definition) is 2. The van der Waals surface area contributed by atoms with Crippen LogP contribution >= 0.6 is 0 Å². The number of allylic oxidation sites excluding steroid dienone is 2. The Bertz CT molecular complexity index is 750. The van der Waals surface area contributed by atoms with Gasteiger partial charge < -0.3 is 5.11 Å². The first-order valence-corrected chi connectivity index (χ1v) is 13.4. The number of carbonyl (C=O) groups excluding carboxylic acids is 1. The Balaban J connectivity index is 1.60. The van der Waals surface area contributed by atoms with Gasteiger partial charge in [0.25, 0.3) is 0 Å². The van der Waals surface area contributed by atoms with Crippen LogP contribution in [-0.2, 0) is 4.79 Å². The maximum Gasteiger partial charge on any atom is 0.135 e. The van der Waals surface area contributed by atoms with Crippen molar-refractivity contribution in [1.29, 1.82) is 0 Å². The van der Waals surface area contributed by atoms with Gasteiger partial charge in [0.05, 0.1) is 6.10 Å². The second-order valence-corrected chi connectivity index (χ2v) is 13.0. The molecule has 0 heterocycles. The van der Waals surface area contributed by atoms with E-state index in [4.69, 9.17) is 0 Å². The van der Waals surface area contributed by atoms with Gasteiger partial charge >= 0.3 is 0 Å². The largest absolute Gasteiger partial charge is 0.393 e. The summed E-state index contributed by atoms with van der Waals surface area (Å²) in [5, 5.41) is 10.5. The first-order chi connectivity index (χ1) is 14.5. The second-order valence-electron chi connectivity index (χ2n) is 13.0. The fourth-order valence-corrected chi connectivity index (χ4v) is 9.11. The molecule has 0 bridgehead atoms. The van der Waals surface area contributed by atoms with Crippen molar-refractivity contribution in [2.45, 2.75) is 119 Å². The number of aliphatic hydroxyl groups is 1. The van der Waals surface area contributed by atoms with Gasteiger partial charge in [-0.15, -0.1) is 0 Å². The molecule has 2 fully saturated rings. The molecule has 0 aromatic carbocycles. The molecule has 1 N–H and O–H groups in total. The van der Waals surface area contributed by atoms with E-state index in [0.717, 1.165) is 25.2 Å². The molecule has 0 saturated heterocycles. The van der Waals surface area contributed by atoms with Crippen molar-refractivity contribution in [1.82, 2.24) is 0 Å². The van der Waals surface area contributed by atoms with E-state index in [-0.39, 0.29) is 12.0 Å². The van der Waals surface area contributed by atoms with Crippen LogP contribution in [0.1, 0.15) is 113 Å². The van der Waals surface area contributed by atoms with Crippen LogP contribution in [0.25, 0.3) is 0 Å². The Kier molecular flexibility index (Phi) is 6.07. The van der Waals surface area contributed by atoms with Gasteiger partial charge in [0.1, 0.15) is 5.78 Å². The number of Topliss-reactive ketones (excluding diaryl/α,β-unsaturated/α-hetero) is 1. The monoisotopic (exact) mass is 428 g/mol. The lowest BCUT2D eigenvalue weighted by molar-refractivity contribution is -0.122. The Morgan fingerprint density at radius 1 is 1.00 bits per heavy atom. The molecule has 0 aromatic rings. The summed E-state index contributed by atoms with van der Waals surface area (Å²) in [5.74, 6) is 3.07. The molecule has 176 valence electrons. The third-order valence-corrected chi connectivity index (χ3v) is 11.5. The van der Waals surface area contributed by atoms with Crippen LogP contribution in [0.4, 0.5) is 0 Å². The average Bonchev–Trinajstić information content (AvgIpc) is 3.00. The fraction of sp³-hybridized carbons (Fsp3) is 0.897. The SMILES string of the molecule is CC(C)C(=O)CC[C@@H](C)[C@H]1CC[C@@]2(C)C3=C(CC[C@]12C)[C@@]1(C)CC[C@H](O)[C@@H](C)[C@@H]1CC3. The van der Waals surface area contributed by atoms with E-state index < -0.39 is 0 Å². The normalized spacial score (nSPS) is 45.8. The lowest BCUT2D eigenvalue weighted by Gasteiger charge is -2.60. The van der Waals surface area contributed by atoms with Gasteiger partial charge in [0, 0.05) is 12.3 Å². The number of aliphatic hydroxyl groups excluding tert-OH is 1. The lowest BCUT2D eigenvalue weighted by atomic mass is 9.45. The summed E-state index contributed by atoms with van der Waals surface area (Å²) in [6, 6.07) is 0. The molecule has 2 saturated carbocycles. The zero-order valence-corrected chi connectivity index (χ0v) is 21.4. The van der Waals surface area contributed by atoms with Crippen LogP contribution in [-0.4, -0.2) is 17.0 Å². The Morgan fingerprint density at radius 3 is 2.39 bits per heavy atom. The van der Waals surface area contributed by atoms with Gasteiger partial charge in [-0.1, -0.05) is 59.6 Å². The molecular formula is C29H48O2. The zero-order valence-electron chi connectivity index (χ0n) is 21.4. The lowest BCUT2D eigenvalue weighted by Crippen LogP contribution is -2.51. The van der Waals surface area contributed by atoms with Crippen LogP contribution < -0.4 is 0 Å². The maximum atomic E-state index is 12.3. The molecule has 4 aliphatic rings. The van der Waals surface area contributed by atoms with Crippen LogP contribution in [0.15, 0.2) is 11.1 Å². The van der Waals surface area contributed by atoms with Crippen molar-refractivity contribution in [2.24, 2.45) is 45.8 Å². The van der Waals surface area contributed by atoms with Gasteiger partial charge in [0.15, 0.2) is 0 Å². The topological polar surface area (TPSA) is 37.3 Å². The third-order valence-electron chi connectivity index (χ3n) is 11.5. The first kappa shape index (κ1) is 23.5. The molecule has 8 atom stereocenters. The second kappa shape index (κ2) is 8.00. The third kappa shape index (κ3) is 3.41. The summed E-state index contributed by atoms with van der Waals surface area (Å²) in [6.07, 6.45) is 11.6.